The lowest BCUT2D eigenvalue weighted by atomic mass is 10.0. The third-order valence-electron chi connectivity index (χ3n) is 7.26. The molecule has 0 saturated heterocycles. The van der Waals surface area contributed by atoms with E-state index >= 15 is 0 Å². The first-order valence-corrected chi connectivity index (χ1v) is 15.5. The van der Waals surface area contributed by atoms with Crippen LogP contribution in [0.15, 0.2) is 54.6 Å². The smallest absolute Gasteiger partial charge is 0.240 e. The first-order chi connectivity index (χ1) is 20.2. The molecule has 1 aliphatic rings. The predicted molar refractivity (Wildman–Crippen MR) is 170 cm³/mol. The molecule has 3 aromatic carbocycles. The Balaban J connectivity index is 1.24. The molecule has 226 valence electrons. The topological polar surface area (TPSA) is 74.0 Å². The molecule has 1 fully saturated rings. The Kier molecular flexibility index (Phi) is 12.2. The summed E-state index contributed by atoms with van der Waals surface area (Å²) in [6.07, 6.45) is 5.09. The molecule has 0 aromatic heterocycles. The van der Waals surface area contributed by atoms with Crippen LogP contribution < -0.4 is 15.2 Å². The van der Waals surface area contributed by atoms with Gasteiger partial charge in [0.25, 0.3) is 0 Å². The van der Waals surface area contributed by atoms with E-state index in [0.29, 0.717) is 60.0 Å². The highest BCUT2D eigenvalue weighted by molar-refractivity contribution is 6.37. The van der Waals surface area contributed by atoms with Crippen LogP contribution in [0, 0.1) is 6.92 Å². The summed E-state index contributed by atoms with van der Waals surface area (Å²) < 4.78 is 16.7. The Hall–Kier alpha value is -2.48. The van der Waals surface area contributed by atoms with E-state index in [9.17, 15) is 4.79 Å². The highest BCUT2D eigenvalue weighted by Gasteiger charge is 2.35. The van der Waals surface area contributed by atoms with E-state index in [1.807, 2.05) is 60.4 Å². The van der Waals surface area contributed by atoms with Gasteiger partial charge in [-0.15, -0.1) is 0 Å². The number of halogens is 3. The van der Waals surface area contributed by atoms with Crippen LogP contribution >= 0.6 is 34.8 Å². The molecule has 4 rings (SSSR count). The predicted octanol–water partition coefficient (Wildman–Crippen LogP) is 7.44. The number of ether oxygens (including phenoxy) is 3. The first kappa shape index (κ1) is 32.4. The summed E-state index contributed by atoms with van der Waals surface area (Å²) in [5.41, 5.74) is 10.6. The second-order valence-corrected chi connectivity index (χ2v) is 12.0. The zero-order valence-electron chi connectivity index (χ0n) is 24.2. The SMILES string of the molecule is COCCCc1ccc(Cl)c(CN(C(=O)C(N)CCc2ccc(OCCOc3c(Cl)cc(C)cc3Cl)cc2)C2CC2)c1. The largest absolute Gasteiger partial charge is 0.490 e. The number of nitrogens with two attached hydrogens (primary N) is 1. The van der Waals surface area contributed by atoms with Crippen LogP contribution in [0.5, 0.6) is 11.5 Å². The molecule has 1 saturated carbocycles. The molecule has 0 bridgehead atoms. The van der Waals surface area contributed by atoms with Crippen molar-refractivity contribution in [3.05, 3.63) is 91.9 Å². The lowest BCUT2D eigenvalue weighted by Gasteiger charge is -2.26. The average Bonchev–Trinajstić information content (AvgIpc) is 3.81. The number of methoxy groups -OCH3 is 1. The monoisotopic (exact) mass is 632 g/mol. The highest BCUT2D eigenvalue weighted by Crippen LogP contribution is 2.34. The molecule has 0 spiro atoms. The van der Waals surface area contributed by atoms with Gasteiger partial charge in [0.1, 0.15) is 19.0 Å². The lowest BCUT2D eigenvalue weighted by Crippen LogP contribution is -2.44. The number of benzene rings is 3. The van der Waals surface area contributed by atoms with E-state index in [1.54, 1.807) is 7.11 Å². The van der Waals surface area contributed by atoms with Crippen molar-refractivity contribution in [3.63, 3.8) is 0 Å². The Morgan fingerprint density at radius 1 is 0.905 bits per heavy atom. The van der Waals surface area contributed by atoms with Gasteiger partial charge in [-0.05, 0) is 98.0 Å². The van der Waals surface area contributed by atoms with Crippen LogP contribution in [0.3, 0.4) is 0 Å². The Bertz CT molecular complexity index is 1310. The first-order valence-electron chi connectivity index (χ1n) is 14.4. The quantitative estimate of drug-likeness (QED) is 0.166. The van der Waals surface area contributed by atoms with E-state index in [0.717, 1.165) is 48.1 Å². The number of hydrogen-bond donors (Lipinski definition) is 1. The van der Waals surface area contributed by atoms with Crippen molar-refractivity contribution < 1.29 is 19.0 Å². The second-order valence-electron chi connectivity index (χ2n) is 10.8. The van der Waals surface area contributed by atoms with Crippen LogP contribution in [0.25, 0.3) is 0 Å². The van der Waals surface area contributed by atoms with E-state index < -0.39 is 6.04 Å². The minimum atomic E-state index is -0.581. The number of nitrogens with zero attached hydrogens (tertiary/aromatic N) is 1. The standard InChI is InChI=1S/C33H39Cl3N2O4/c1-22-18-29(35)32(30(36)19-22)42-17-16-41-27-11-5-23(6-12-27)8-14-31(37)33(39)38(26-9-10-26)21-25-20-24(4-3-15-40-2)7-13-28(25)34/h5-7,11-13,18-20,26,31H,3-4,8-10,14-17,21,37H2,1-2H3. The van der Waals surface area contributed by atoms with Crippen molar-refractivity contribution in [3.8, 4) is 11.5 Å². The van der Waals surface area contributed by atoms with Crippen LogP contribution in [0.2, 0.25) is 15.1 Å². The van der Waals surface area contributed by atoms with Crippen molar-refractivity contribution in [2.45, 2.75) is 64.1 Å². The summed E-state index contributed by atoms with van der Waals surface area (Å²) in [7, 11) is 1.71. The summed E-state index contributed by atoms with van der Waals surface area (Å²) in [4.78, 5) is 15.3. The van der Waals surface area contributed by atoms with Crippen molar-refractivity contribution >= 4 is 40.7 Å². The summed E-state index contributed by atoms with van der Waals surface area (Å²) in [5.74, 6) is 1.17. The van der Waals surface area contributed by atoms with Gasteiger partial charge >= 0.3 is 0 Å². The molecule has 1 unspecified atom stereocenters. The number of carbonyl (C=O) groups excluding carboxylic acids is 1. The molecule has 3 aromatic rings. The molecule has 6 nitrogen and oxygen atoms in total. The van der Waals surface area contributed by atoms with Crippen molar-refractivity contribution in [2.75, 3.05) is 26.9 Å². The van der Waals surface area contributed by atoms with Crippen LogP contribution in [-0.4, -0.2) is 49.8 Å². The van der Waals surface area contributed by atoms with E-state index in [-0.39, 0.29) is 11.9 Å². The molecular weight excluding hydrogens is 595 g/mol. The molecule has 1 atom stereocenters. The Labute approximate surface area is 264 Å². The van der Waals surface area contributed by atoms with Gasteiger partial charge in [-0.25, -0.2) is 0 Å². The third-order valence-corrected chi connectivity index (χ3v) is 8.19. The number of rotatable bonds is 16. The Morgan fingerprint density at radius 2 is 1.57 bits per heavy atom. The maximum absolute atomic E-state index is 13.4. The summed E-state index contributed by atoms with van der Waals surface area (Å²) in [6, 6.07) is 17.1. The molecule has 0 heterocycles. The summed E-state index contributed by atoms with van der Waals surface area (Å²) >= 11 is 19.0. The van der Waals surface area contributed by atoms with E-state index in [4.69, 9.17) is 54.7 Å². The van der Waals surface area contributed by atoms with E-state index in [2.05, 4.69) is 6.07 Å². The van der Waals surface area contributed by atoms with Crippen molar-refractivity contribution in [1.29, 1.82) is 0 Å². The zero-order chi connectivity index (χ0) is 30.1. The summed E-state index contributed by atoms with van der Waals surface area (Å²) in [5, 5.41) is 1.63. The van der Waals surface area contributed by atoms with Gasteiger partial charge in [0.15, 0.2) is 5.75 Å². The van der Waals surface area contributed by atoms with Gasteiger partial charge in [0.2, 0.25) is 5.91 Å². The number of aryl methyl sites for hydroxylation is 3. The lowest BCUT2D eigenvalue weighted by molar-refractivity contribution is -0.134. The van der Waals surface area contributed by atoms with Gasteiger partial charge < -0.3 is 24.8 Å². The third kappa shape index (κ3) is 9.51. The van der Waals surface area contributed by atoms with Gasteiger partial charge in [-0.1, -0.05) is 59.1 Å². The maximum atomic E-state index is 13.4. The van der Waals surface area contributed by atoms with Crippen molar-refractivity contribution in [2.24, 2.45) is 5.73 Å². The zero-order valence-corrected chi connectivity index (χ0v) is 26.5. The number of carbonyl (C=O) groups is 1. The van der Waals surface area contributed by atoms with Gasteiger partial charge in [0.05, 0.1) is 16.1 Å². The fourth-order valence-electron chi connectivity index (χ4n) is 4.82. The highest BCUT2D eigenvalue weighted by atomic mass is 35.5. The van der Waals surface area contributed by atoms with Crippen LogP contribution in [0.4, 0.5) is 0 Å². The molecule has 1 amide bonds. The number of amides is 1. The van der Waals surface area contributed by atoms with Crippen molar-refractivity contribution in [1.82, 2.24) is 4.90 Å². The van der Waals surface area contributed by atoms with Crippen LogP contribution in [0.1, 0.15) is 47.9 Å². The molecule has 9 heteroatoms. The average molecular weight is 634 g/mol. The van der Waals surface area contributed by atoms with Gasteiger partial charge in [0, 0.05) is 31.3 Å². The minimum absolute atomic E-state index is 0.0212. The fourth-order valence-corrected chi connectivity index (χ4v) is 5.70. The fraction of sp³-hybridized carbons (Fsp3) is 0.424. The molecular formula is C33H39Cl3N2O4. The second kappa shape index (κ2) is 15.8. The molecule has 1 aliphatic carbocycles. The molecule has 2 N–H and O–H groups in total. The number of hydrogen-bond acceptors (Lipinski definition) is 5. The summed E-state index contributed by atoms with van der Waals surface area (Å²) in [6.45, 7) is 3.76. The molecule has 0 aliphatic heterocycles. The maximum Gasteiger partial charge on any atom is 0.240 e. The molecule has 42 heavy (non-hydrogen) atoms. The van der Waals surface area contributed by atoms with Crippen LogP contribution in [-0.2, 0) is 28.9 Å². The normalized spacial score (nSPS) is 13.6. The van der Waals surface area contributed by atoms with E-state index in [1.165, 1.54) is 5.56 Å². The molecule has 0 radical (unpaired) electrons. The van der Waals surface area contributed by atoms with Gasteiger partial charge in [-0.3, -0.25) is 4.79 Å². The Morgan fingerprint density at radius 3 is 2.24 bits per heavy atom. The minimum Gasteiger partial charge on any atom is -0.490 e. The van der Waals surface area contributed by atoms with Gasteiger partial charge in [-0.2, -0.15) is 0 Å².